The minimum absolute atomic E-state index is 0.168. The summed E-state index contributed by atoms with van der Waals surface area (Å²) in [6, 6.07) is 8.77. The van der Waals surface area contributed by atoms with Crippen LogP contribution in [-0.4, -0.2) is 44.1 Å². The Bertz CT molecular complexity index is 817. The summed E-state index contributed by atoms with van der Waals surface area (Å²) in [6.45, 7) is 4.10. The molecule has 0 radical (unpaired) electrons. The van der Waals surface area contributed by atoms with Gasteiger partial charge in [0.15, 0.2) is 11.5 Å². The fourth-order valence-electron chi connectivity index (χ4n) is 4.78. The predicted octanol–water partition coefficient (Wildman–Crippen LogP) is 3.15. The van der Waals surface area contributed by atoms with Crippen molar-refractivity contribution in [1.82, 2.24) is 19.7 Å². The number of aliphatic hydroxyl groups excluding tert-OH is 1. The third-order valence-electron chi connectivity index (χ3n) is 6.21. The summed E-state index contributed by atoms with van der Waals surface area (Å²) in [7, 11) is 1.83. The first-order valence-electron chi connectivity index (χ1n) is 10.9. The second-order valence-corrected chi connectivity index (χ2v) is 8.14. The van der Waals surface area contributed by atoms with E-state index in [4.69, 9.17) is 4.74 Å². The van der Waals surface area contributed by atoms with Gasteiger partial charge in [0.25, 0.3) is 0 Å². The molecule has 1 aromatic heterocycles. The molecule has 7 nitrogen and oxygen atoms in total. The van der Waals surface area contributed by atoms with Gasteiger partial charge in [-0.05, 0) is 44.1 Å². The van der Waals surface area contributed by atoms with E-state index in [-0.39, 0.29) is 12.8 Å². The zero-order valence-corrected chi connectivity index (χ0v) is 17.6. The topological polar surface area (TPSA) is 75.4 Å². The number of benzene rings is 1. The SMILES string of the molecule is CCC(Nc1nc(CO)nn1C)OC1(N2CCCCC2)CCCc2ccccc21. The average molecular weight is 400 g/mol. The molecular weight excluding hydrogens is 366 g/mol. The van der Waals surface area contributed by atoms with Gasteiger partial charge in [-0.1, -0.05) is 37.6 Å². The number of nitrogens with zero attached hydrogens (tertiary/aromatic N) is 4. The Hall–Kier alpha value is -1.96. The van der Waals surface area contributed by atoms with Crippen molar-refractivity contribution in [3.05, 3.63) is 41.2 Å². The minimum Gasteiger partial charge on any atom is -0.388 e. The largest absolute Gasteiger partial charge is 0.388 e. The highest BCUT2D eigenvalue weighted by atomic mass is 16.5. The lowest BCUT2D eigenvalue weighted by molar-refractivity contribution is -0.203. The number of fused-ring (bicyclic) bond motifs is 1. The molecule has 2 aliphatic rings. The van der Waals surface area contributed by atoms with Crippen LogP contribution in [0.15, 0.2) is 24.3 Å². The van der Waals surface area contributed by atoms with E-state index < -0.39 is 5.72 Å². The highest BCUT2D eigenvalue weighted by Gasteiger charge is 2.44. The van der Waals surface area contributed by atoms with Crippen LogP contribution in [0.1, 0.15) is 62.4 Å². The number of hydrogen-bond acceptors (Lipinski definition) is 6. The monoisotopic (exact) mass is 399 g/mol. The quantitative estimate of drug-likeness (QED) is 0.697. The van der Waals surface area contributed by atoms with Crippen LogP contribution in [0, 0.1) is 0 Å². The smallest absolute Gasteiger partial charge is 0.223 e. The second kappa shape index (κ2) is 8.81. The van der Waals surface area contributed by atoms with Crippen LogP contribution in [-0.2, 0) is 30.5 Å². The van der Waals surface area contributed by atoms with Gasteiger partial charge in [-0.15, -0.1) is 0 Å². The standard InChI is InChI=1S/C22H33N5O2/c1-3-20(24-21-23-19(16-28)25-26(21)2)29-22(27-14-7-4-8-15-27)13-9-11-17-10-5-6-12-18(17)22/h5-6,10,12,20,28H,3-4,7-9,11,13-16H2,1-2H3,(H,23,24,25). The summed E-state index contributed by atoms with van der Waals surface area (Å²) in [5.74, 6) is 1.04. The van der Waals surface area contributed by atoms with E-state index in [1.807, 2.05) is 7.05 Å². The maximum Gasteiger partial charge on any atom is 0.223 e. The maximum absolute atomic E-state index is 9.34. The van der Waals surface area contributed by atoms with Crippen molar-refractivity contribution in [3.8, 4) is 0 Å². The van der Waals surface area contributed by atoms with E-state index >= 15 is 0 Å². The molecule has 158 valence electrons. The van der Waals surface area contributed by atoms with Crippen molar-refractivity contribution in [3.63, 3.8) is 0 Å². The molecule has 2 unspecified atom stereocenters. The fourth-order valence-corrected chi connectivity index (χ4v) is 4.78. The number of piperidine rings is 1. The Morgan fingerprint density at radius 2 is 2.00 bits per heavy atom. The predicted molar refractivity (Wildman–Crippen MR) is 112 cm³/mol. The van der Waals surface area contributed by atoms with Gasteiger partial charge in [0.1, 0.15) is 12.8 Å². The molecule has 1 saturated heterocycles. The number of hydrogen-bond donors (Lipinski definition) is 2. The van der Waals surface area contributed by atoms with Gasteiger partial charge < -0.3 is 15.2 Å². The summed E-state index contributed by atoms with van der Waals surface area (Å²) < 4.78 is 8.63. The Morgan fingerprint density at radius 1 is 1.21 bits per heavy atom. The van der Waals surface area contributed by atoms with E-state index in [0.29, 0.717) is 11.8 Å². The number of aliphatic hydroxyl groups is 1. The van der Waals surface area contributed by atoms with Gasteiger partial charge in [-0.25, -0.2) is 4.68 Å². The summed E-state index contributed by atoms with van der Waals surface area (Å²) >= 11 is 0. The number of aromatic nitrogens is 3. The zero-order chi connectivity index (χ0) is 20.3. The third kappa shape index (κ3) is 4.04. The van der Waals surface area contributed by atoms with Crippen LogP contribution in [0.25, 0.3) is 0 Å². The Balaban J connectivity index is 1.65. The molecule has 0 amide bonds. The molecule has 29 heavy (non-hydrogen) atoms. The number of likely N-dealkylation sites (tertiary alicyclic amines) is 1. The van der Waals surface area contributed by atoms with Crippen LogP contribution in [0.3, 0.4) is 0 Å². The maximum atomic E-state index is 9.34. The molecule has 2 aromatic rings. The molecule has 4 rings (SSSR count). The molecule has 7 heteroatoms. The Labute approximate surface area is 173 Å². The van der Waals surface area contributed by atoms with Crippen LogP contribution in [0.2, 0.25) is 0 Å². The molecule has 0 saturated carbocycles. The second-order valence-electron chi connectivity index (χ2n) is 8.14. The van der Waals surface area contributed by atoms with Crippen LogP contribution in [0.4, 0.5) is 5.95 Å². The van der Waals surface area contributed by atoms with Crippen molar-refractivity contribution in [1.29, 1.82) is 0 Å². The highest BCUT2D eigenvalue weighted by molar-refractivity contribution is 5.35. The van der Waals surface area contributed by atoms with E-state index in [1.54, 1.807) is 4.68 Å². The van der Waals surface area contributed by atoms with E-state index in [9.17, 15) is 5.11 Å². The van der Waals surface area contributed by atoms with Crippen molar-refractivity contribution in [2.75, 3.05) is 18.4 Å². The van der Waals surface area contributed by atoms with E-state index in [0.717, 1.165) is 38.8 Å². The molecule has 2 heterocycles. The van der Waals surface area contributed by atoms with Crippen molar-refractivity contribution in [2.45, 2.75) is 70.4 Å². The molecule has 2 atom stereocenters. The number of aryl methyl sites for hydroxylation is 2. The van der Waals surface area contributed by atoms with Gasteiger partial charge in [-0.2, -0.15) is 10.1 Å². The lowest BCUT2D eigenvalue weighted by atomic mass is 9.82. The lowest BCUT2D eigenvalue weighted by Crippen LogP contribution is -2.54. The average Bonchev–Trinajstić information content (AvgIpc) is 3.13. The summed E-state index contributed by atoms with van der Waals surface area (Å²) in [6.07, 6.45) is 7.60. The van der Waals surface area contributed by atoms with Crippen molar-refractivity contribution >= 4 is 5.95 Å². The molecule has 2 N–H and O–H groups in total. The van der Waals surface area contributed by atoms with Crippen LogP contribution >= 0.6 is 0 Å². The Kier molecular flexibility index (Phi) is 6.18. The summed E-state index contributed by atoms with van der Waals surface area (Å²) in [4.78, 5) is 6.95. The molecule has 1 aromatic carbocycles. The molecule has 1 aliphatic carbocycles. The number of ether oxygens (including phenoxy) is 1. The first kappa shape index (κ1) is 20.3. The fraction of sp³-hybridized carbons (Fsp3) is 0.636. The summed E-state index contributed by atoms with van der Waals surface area (Å²) in [5.41, 5.74) is 2.32. The Morgan fingerprint density at radius 3 is 2.72 bits per heavy atom. The highest BCUT2D eigenvalue weighted by Crippen LogP contribution is 2.43. The molecule has 1 aliphatic heterocycles. The molecule has 1 fully saturated rings. The van der Waals surface area contributed by atoms with Gasteiger partial charge in [0, 0.05) is 25.7 Å². The van der Waals surface area contributed by atoms with E-state index in [1.165, 1.54) is 30.4 Å². The molecule has 0 bridgehead atoms. The van der Waals surface area contributed by atoms with Crippen LogP contribution < -0.4 is 5.32 Å². The minimum atomic E-state index is -0.401. The zero-order valence-electron chi connectivity index (χ0n) is 17.6. The number of nitrogens with one attached hydrogen (secondary N) is 1. The van der Waals surface area contributed by atoms with E-state index in [2.05, 4.69) is 51.5 Å². The van der Waals surface area contributed by atoms with Crippen molar-refractivity contribution < 1.29 is 9.84 Å². The lowest BCUT2D eigenvalue weighted by Gasteiger charge is -2.50. The summed E-state index contributed by atoms with van der Waals surface area (Å²) in [5, 5.41) is 17.0. The van der Waals surface area contributed by atoms with Gasteiger partial charge in [0.2, 0.25) is 5.95 Å². The number of rotatable bonds is 7. The van der Waals surface area contributed by atoms with Gasteiger partial charge >= 0.3 is 0 Å². The normalized spacial score (nSPS) is 23.6. The molecular formula is C22H33N5O2. The van der Waals surface area contributed by atoms with Gasteiger partial charge in [0.05, 0.1) is 0 Å². The number of anilines is 1. The van der Waals surface area contributed by atoms with Gasteiger partial charge in [-0.3, -0.25) is 4.90 Å². The third-order valence-corrected chi connectivity index (χ3v) is 6.21. The van der Waals surface area contributed by atoms with Crippen molar-refractivity contribution in [2.24, 2.45) is 7.05 Å². The van der Waals surface area contributed by atoms with Crippen LogP contribution in [0.5, 0.6) is 0 Å². The first-order valence-corrected chi connectivity index (χ1v) is 10.9. The first-order chi connectivity index (χ1) is 14.2. The molecule has 0 spiro atoms.